The third-order valence-electron chi connectivity index (χ3n) is 5.37. The Labute approximate surface area is 187 Å². The van der Waals surface area contributed by atoms with E-state index in [2.05, 4.69) is 5.32 Å². The lowest BCUT2D eigenvalue weighted by Gasteiger charge is -2.30. The number of carbonyl (C=O) groups is 3. The summed E-state index contributed by atoms with van der Waals surface area (Å²) in [7, 11) is -3.61. The summed E-state index contributed by atoms with van der Waals surface area (Å²) in [4.78, 5) is 36.4. The van der Waals surface area contributed by atoms with Crippen LogP contribution in [0.3, 0.4) is 0 Å². The molecule has 1 heterocycles. The molecule has 2 aromatic rings. The Balaban J connectivity index is 1.50. The van der Waals surface area contributed by atoms with Crippen LogP contribution in [0.2, 0.25) is 0 Å². The summed E-state index contributed by atoms with van der Waals surface area (Å²) in [5.74, 6) is -1.75. The standard InChI is InChI=1S/C23H26N2O6S/c1-16-7-9-19(10-8-16)32(29,30)25-13-11-18(12-14-25)23(28)31-15-22(27)24-21-6-4-3-5-20(21)17(2)26/h3-10,18H,11-15H2,1-2H3,(H,24,27). The van der Waals surface area contributed by atoms with Crippen molar-refractivity contribution in [3.8, 4) is 0 Å². The molecule has 0 aromatic heterocycles. The van der Waals surface area contributed by atoms with Gasteiger partial charge in [-0.15, -0.1) is 0 Å². The van der Waals surface area contributed by atoms with Crippen LogP contribution in [0.1, 0.15) is 35.7 Å². The van der Waals surface area contributed by atoms with Gasteiger partial charge >= 0.3 is 5.97 Å². The molecule has 1 amide bonds. The van der Waals surface area contributed by atoms with E-state index in [-0.39, 0.29) is 23.8 Å². The number of para-hydroxylation sites is 1. The molecule has 1 N–H and O–H groups in total. The van der Waals surface area contributed by atoms with E-state index in [1.807, 2.05) is 6.92 Å². The van der Waals surface area contributed by atoms with Gasteiger partial charge in [-0.1, -0.05) is 29.8 Å². The van der Waals surface area contributed by atoms with E-state index in [4.69, 9.17) is 4.74 Å². The highest BCUT2D eigenvalue weighted by molar-refractivity contribution is 7.89. The summed E-state index contributed by atoms with van der Waals surface area (Å²) in [6.45, 7) is 3.21. The topological polar surface area (TPSA) is 110 Å². The van der Waals surface area contributed by atoms with Gasteiger partial charge in [0, 0.05) is 18.7 Å². The molecular weight excluding hydrogens is 432 g/mol. The predicted octanol–water partition coefficient (Wildman–Crippen LogP) is 2.78. The maximum absolute atomic E-state index is 12.8. The number of amides is 1. The van der Waals surface area contributed by atoms with Gasteiger partial charge in [-0.05, 0) is 51.0 Å². The van der Waals surface area contributed by atoms with Gasteiger partial charge in [-0.2, -0.15) is 4.31 Å². The van der Waals surface area contributed by atoms with Gasteiger partial charge < -0.3 is 10.1 Å². The number of carbonyl (C=O) groups excluding carboxylic acids is 3. The number of sulfonamides is 1. The monoisotopic (exact) mass is 458 g/mol. The smallest absolute Gasteiger partial charge is 0.309 e. The number of benzene rings is 2. The molecule has 0 unspecified atom stereocenters. The maximum atomic E-state index is 12.8. The lowest BCUT2D eigenvalue weighted by Crippen LogP contribution is -2.40. The van der Waals surface area contributed by atoms with Crippen molar-refractivity contribution < 1.29 is 27.5 Å². The molecule has 1 saturated heterocycles. The van der Waals surface area contributed by atoms with Crippen LogP contribution < -0.4 is 5.32 Å². The minimum Gasteiger partial charge on any atom is -0.455 e. The highest BCUT2D eigenvalue weighted by Crippen LogP contribution is 2.25. The Morgan fingerprint density at radius 1 is 1.03 bits per heavy atom. The van der Waals surface area contributed by atoms with E-state index in [0.29, 0.717) is 24.1 Å². The zero-order valence-electron chi connectivity index (χ0n) is 18.0. The zero-order valence-corrected chi connectivity index (χ0v) is 18.9. The maximum Gasteiger partial charge on any atom is 0.309 e. The second-order valence-electron chi connectivity index (χ2n) is 7.75. The second-order valence-corrected chi connectivity index (χ2v) is 9.69. The molecule has 1 aliphatic heterocycles. The summed E-state index contributed by atoms with van der Waals surface area (Å²) >= 11 is 0. The van der Waals surface area contributed by atoms with Gasteiger partial charge in [0.05, 0.1) is 16.5 Å². The number of hydrogen-bond acceptors (Lipinski definition) is 6. The van der Waals surface area contributed by atoms with Crippen molar-refractivity contribution in [1.29, 1.82) is 0 Å². The Hall–Kier alpha value is -3.04. The number of ether oxygens (including phenoxy) is 1. The van der Waals surface area contributed by atoms with Crippen LogP contribution in [0.4, 0.5) is 5.69 Å². The molecule has 3 rings (SSSR count). The normalized spacial score (nSPS) is 15.2. The highest BCUT2D eigenvalue weighted by Gasteiger charge is 2.33. The number of aryl methyl sites for hydroxylation is 1. The molecule has 170 valence electrons. The van der Waals surface area contributed by atoms with Crippen molar-refractivity contribution in [3.63, 3.8) is 0 Å². The Morgan fingerprint density at radius 2 is 1.66 bits per heavy atom. The fourth-order valence-electron chi connectivity index (χ4n) is 3.53. The number of esters is 1. The van der Waals surface area contributed by atoms with Crippen molar-refractivity contribution in [3.05, 3.63) is 59.7 Å². The van der Waals surface area contributed by atoms with E-state index in [1.165, 1.54) is 11.2 Å². The van der Waals surface area contributed by atoms with E-state index < -0.39 is 34.4 Å². The quantitative estimate of drug-likeness (QED) is 0.505. The molecule has 0 saturated carbocycles. The molecule has 0 bridgehead atoms. The third-order valence-corrected chi connectivity index (χ3v) is 7.28. The predicted molar refractivity (Wildman–Crippen MR) is 119 cm³/mol. The van der Waals surface area contributed by atoms with Crippen LogP contribution in [-0.2, 0) is 24.3 Å². The van der Waals surface area contributed by atoms with E-state index in [1.54, 1.807) is 48.5 Å². The minimum atomic E-state index is -3.61. The summed E-state index contributed by atoms with van der Waals surface area (Å²) < 4.78 is 32.0. The van der Waals surface area contributed by atoms with Gasteiger partial charge in [-0.25, -0.2) is 8.42 Å². The van der Waals surface area contributed by atoms with Gasteiger partial charge in [0.15, 0.2) is 12.4 Å². The van der Waals surface area contributed by atoms with Crippen LogP contribution >= 0.6 is 0 Å². The first kappa shape index (κ1) is 23.6. The number of hydrogen-bond donors (Lipinski definition) is 1. The molecule has 0 radical (unpaired) electrons. The van der Waals surface area contributed by atoms with Crippen molar-refractivity contribution >= 4 is 33.4 Å². The van der Waals surface area contributed by atoms with Gasteiger partial charge in [-0.3, -0.25) is 14.4 Å². The van der Waals surface area contributed by atoms with Crippen molar-refractivity contribution in [1.82, 2.24) is 4.31 Å². The Kier molecular flexibility index (Phi) is 7.42. The van der Waals surface area contributed by atoms with Crippen molar-refractivity contribution in [2.45, 2.75) is 31.6 Å². The number of anilines is 1. The highest BCUT2D eigenvalue weighted by atomic mass is 32.2. The second kappa shape index (κ2) is 10.1. The zero-order chi connectivity index (χ0) is 23.3. The summed E-state index contributed by atoms with van der Waals surface area (Å²) in [5, 5.41) is 2.57. The first-order chi connectivity index (χ1) is 15.2. The summed E-state index contributed by atoms with van der Waals surface area (Å²) in [6, 6.07) is 13.2. The van der Waals surface area contributed by atoms with E-state index >= 15 is 0 Å². The van der Waals surface area contributed by atoms with Crippen LogP contribution in [0, 0.1) is 12.8 Å². The van der Waals surface area contributed by atoms with Gasteiger partial charge in [0.2, 0.25) is 10.0 Å². The number of rotatable bonds is 7. The van der Waals surface area contributed by atoms with Crippen LogP contribution in [0.25, 0.3) is 0 Å². The van der Waals surface area contributed by atoms with Crippen molar-refractivity contribution in [2.75, 3.05) is 25.0 Å². The number of ketones is 1. The van der Waals surface area contributed by atoms with Crippen molar-refractivity contribution in [2.24, 2.45) is 5.92 Å². The lowest BCUT2D eigenvalue weighted by atomic mass is 9.98. The fourth-order valence-corrected chi connectivity index (χ4v) is 5.00. The third kappa shape index (κ3) is 5.60. The molecular formula is C23H26N2O6S. The first-order valence-electron chi connectivity index (χ1n) is 10.3. The van der Waals surface area contributed by atoms with Crippen LogP contribution in [-0.4, -0.2) is 50.1 Å². The molecule has 8 nitrogen and oxygen atoms in total. The molecule has 1 fully saturated rings. The van der Waals surface area contributed by atoms with E-state index in [0.717, 1.165) is 5.56 Å². The summed E-state index contributed by atoms with van der Waals surface area (Å²) in [6.07, 6.45) is 0.636. The van der Waals surface area contributed by atoms with Crippen LogP contribution in [0.15, 0.2) is 53.4 Å². The molecule has 2 aromatic carbocycles. The SMILES string of the molecule is CC(=O)c1ccccc1NC(=O)COC(=O)C1CCN(S(=O)(=O)c2ccc(C)cc2)CC1. The number of piperidine rings is 1. The molecule has 9 heteroatoms. The fraction of sp³-hybridized carbons (Fsp3) is 0.348. The molecule has 0 spiro atoms. The molecule has 0 aliphatic carbocycles. The molecule has 1 aliphatic rings. The van der Waals surface area contributed by atoms with Crippen LogP contribution in [0.5, 0.6) is 0 Å². The average molecular weight is 459 g/mol. The number of nitrogens with one attached hydrogen (secondary N) is 1. The number of Topliss-reactive ketones (excluding diaryl/α,β-unsaturated/α-hetero) is 1. The minimum absolute atomic E-state index is 0.190. The molecule has 32 heavy (non-hydrogen) atoms. The summed E-state index contributed by atoms with van der Waals surface area (Å²) in [5.41, 5.74) is 1.70. The first-order valence-corrected chi connectivity index (χ1v) is 11.8. The lowest BCUT2D eigenvalue weighted by molar-refractivity contribution is -0.152. The average Bonchev–Trinajstić information content (AvgIpc) is 2.78. The Morgan fingerprint density at radius 3 is 2.28 bits per heavy atom. The van der Waals surface area contributed by atoms with Gasteiger partial charge in [0.25, 0.3) is 5.91 Å². The largest absolute Gasteiger partial charge is 0.455 e. The Bertz CT molecular complexity index is 1100. The van der Waals surface area contributed by atoms with Gasteiger partial charge in [0.1, 0.15) is 0 Å². The van der Waals surface area contributed by atoms with E-state index in [9.17, 15) is 22.8 Å². The molecule has 0 atom stereocenters. The number of nitrogens with zero attached hydrogens (tertiary/aromatic N) is 1.